The molecule has 0 radical (unpaired) electrons. The third kappa shape index (κ3) is 5.58. The maximum absolute atomic E-state index is 4.17. The third-order valence-electron chi connectivity index (χ3n) is 10.1. The Labute approximate surface area is 271 Å². The van der Waals surface area contributed by atoms with Gasteiger partial charge in [0.1, 0.15) is 11.3 Å². The molecule has 45 heavy (non-hydrogen) atoms. The second kappa shape index (κ2) is 13.2. The molecule has 0 amide bonds. The molecule has 4 heteroatoms. The minimum absolute atomic E-state index is 0.244. The fourth-order valence-corrected chi connectivity index (χ4v) is 8.20. The van der Waals surface area contributed by atoms with E-state index < -0.39 is 5.41 Å². The normalized spacial score (nSPS) is 23.2. The van der Waals surface area contributed by atoms with E-state index in [-0.39, 0.29) is 11.3 Å². The van der Waals surface area contributed by atoms with Gasteiger partial charge in [-0.15, -0.1) is 0 Å². The average Bonchev–Trinajstić information content (AvgIpc) is 3.05. The Balaban J connectivity index is 1.72. The van der Waals surface area contributed by atoms with Gasteiger partial charge in [-0.3, -0.25) is 0 Å². The largest absolute Gasteiger partial charge is 0.363 e. The molecule has 0 aliphatic carbocycles. The van der Waals surface area contributed by atoms with Crippen molar-refractivity contribution < 1.29 is 0 Å². The zero-order chi connectivity index (χ0) is 31.3. The zero-order valence-corrected chi connectivity index (χ0v) is 27.8. The Morgan fingerprint density at radius 1 is 0.378 bits per heavy atom. The van der Waals surface area contributed by atoms with Crippen molar-refractivity contribution in [1.29, 1.82) is 0 Å². The van der Waals surface area contributed by atoms with Gasteiger partial charge in [0, 0.05) is 22.7 Å². The summed E-state index contributed by atoms with van der Waals surface area (Å²) < 4.78 is 0. The Kier molecular flexibility index (Phi) is 9.12. The molecule has 6 rings (SSSR count). The average molecular weight is 601 g/mol. The number of rotatable bonds is 10. The predicted molar refractivity (Wildman–Crippen MR) is 194 cm³/mol. The van der Waals surface area contributed by atoms with E-state index in [1.165, 1.54) is 45.0 Å². The van der Waals surface area contributed by atoms with E-state index in [0.29, 0.717) is 0 Å². The summed E-state index contributed by atoms with van der Waals surface area (Å²) in [7, 11) is 0. The Bertz CT molecular complexity index is 1370. The Morgan fingerprint density at radius 3 is 0.933 bits per heavy atom. The first kappa shape index (κ1) is 31.1. The molecular weight excluding hydrogens is 548 g/mol. The molecule has 4 nitrogen and oxygen atoms in total. The SMILES string of the molecule is CCCCC1(CCC)Nc2ccccc2C2(c3ccccc3N1)c1ccccc1NC(CCC)(CCCC)Nc1ccccc12. The second-order valence-electron chi connectivity index (χ2n) is 13.3. The van der Waals surface area contributed by atoms with Crippen LogP contribution >= 0.6 is 0 Å². The first-order chi connectivity index (χ1) is 22.0. The summed E-state index contributed by atoms with van der Waals surface area (Å²) in [6.07, 6.45) is 11.0. The molecule has 4 aromatic carbocycles. The van der Waals surface area contributed by atoms with Crippen molar-refractivity contribution in [3.8, 4) is 0 Å². The summed E-state index contributed by atoms with van der Waals surface area (Å²) in [5, 5.41) is 16.7. The highest BCUT2D eigenvalue weighted by Gasteiger charge is 2.49. The highest BCUT2D eigenvalue weighted by Crippen LogP contribution is 2.57. The molecule has 1 spiro atoms. The molecular formula is C41H52N4. The lowest BCUT2D eigenvalue weighted by atomic mass is 9.62. The standard InChI is InChI=1S/C41H52N4/c1-5-9-29-39(27-7-3)42-35-23-15-11-19-31(35)41(32-20-12-16-24-36(32)43-39)33-21-13-17-25-37(33)44-40(28-8-4,30-10-6-2)45-38-26-18-14-22-34(38)41/h11-26,42-45H,5-10,27-30H2,1-4H3. The summed E-state index contributed by atoms with van der Waals surface area (Å²) in [4.78, 5) is 0. The molecule has 4 N–H and O–H groups in total. The Morgan fingerprint density at radius 2 is 0.667 bits per heavy atom. The molecule has 0 atom stereocenters. The van der Waals surface area contributed by atoms with Crippen LogP contribution in [0.2, 0.25) is 0 Å². The van der Waals surface area contributed by atoms with Gasteiger partial charge in [-0.05, 0) is 85.0 Å². The van der Waals surface area contributed by atoms with Gasteiger partial charge < -0.3 is 21.3 Å². The fourth-order valence-electron chi connectivity index (χ4n) is 8.20. The molecule has 4 aromatic rings. The molecule has 236 valence electrons. The number of anilines is 4. The lowest BCUT2D eigenvalue weighted by Crippen LogP contribution is -2.51. The van der Waals surface area contributed by atoms with Crippen LogP contribution in [0.1, 0.15) is 114 Å². The van der Waals surface area contributed by atoms with Crippen LogP contribution in [0.15, 0.2) is 97.1 Å². The number of para-hydroxylation sites is 4. The molecule has 2 heterocycles. The smallest absolute Gasteiger partial charge is 0.108 e. The van der Waals surface area contributed by atoms with Crippen molar-refractivity contribution in [2.45, 2.75) is 109 Å². The molecule has 0 saturated heterocycles. The molecule has 0 saturated carbocycles. The highest BCUT2D eigenvalue weighted by molar-refractivity contribution is 5.83. The summed E-state index contributed by atoms with van der Waals surface area (Å²) in [5.41, 5.74) is 8.85. The van der Waals surface area contributed by atoms with E-state index in [1.807, 2.05) is 0 Å². The van der Waals surface area contributed by atoms with Gasteiger partial charge in [0.2, 0.25) is 0 Å². The molecule has 2 aliphatic heterocycles. The minimum atomic E-state index is -0.591. The van der Waals surface area contributed by atoms with E-state index in [9.17, 15) is 0 Å². The van der Waals surface area contributed by atoms with E-state index in [0.717, 1.165) is 64.2 Å². The minimum Gasteiger partial charge on any atom is -0.363 e. The van der Waals surface area contributed by atoms with Crippen LogP contribution in [0.4, 0.5) is 22.7 Å². The van der Waals surface area contributed by atoms with Crippen LogP contribution in [-0.2, 0) is 5.41 Å². The van der Waals surface area contributed by atoms with Crippen LogP contribution in [-0.4, -0.2) is 11.3 Å². The maximum atomic E-state index is 4.17. The van der Waals surface area contributed by atoms with Gasteiger partial charge in [-0.1, -0.05) is 126 Å². The van der Waals surface area contributed by atoms with Gasteiger partial charge in [-0.25, -0.2) is 0 Å². The van der Waals surface area contributed by atoms with Crippen molar-refractivity contribution in [3.63, 3.8) is 0 Å². The summed E-state index contributed by atoms with van der Waals surface area (Å²) in [6, 6.07) is 36.3. The topological polar surface area (TPSA) is 48.1 Å². The Hall–Kier alpha value is -3.92. The van der Waals surface area contributed by atoms with Gasteiger partial charge in [0.25, 0.3) is 0 Å². The van der Waals surface area contributed by atoms with Crippen LogP contribution < -0.4 is 21.3 Å². The molecule has 0 unspecified atom stereocenters. The van der Waals surface area contributed by atoms with Gasteiger partial charge in [0.05, 0.1) is 5.41 Å². The van der Waals surface area contributed by atoms with E-state index >= 15 is 0 Å². The van der Waals surface area contributed by atoms with Crippen molar-refractivity contribution >= 4 is 22.7 Å². The van der Waals surface area contributed by atoms with Gasteiger partial charge in [-0.2, -0.15) is 0 Å². The number of hydrogen-bond acceptors (Lipinski definition) is 4. The molecule has 0 aromatic heterocycles. The van der Waals surface area contributed by atoms with E-state index in [4.69, 9.17) is 0 Å². The maximum Gasteiger partial charge on any atom is 0.108 e. The van der Waals surface area contributed by atoms with Crippen molar-refractivity contribution in [2.24, 2.45) is 0 Å². The monoisotopic (exact) mass is 600 g/mol. The number of fused-ring (bicyclic) bond motifs is 8. The van der Waals surface area contributed by atoms with Crippen LogP contribution in [0.25, 0.3) is 0 Å². The van der Waals surface area contributed by atoms with Crippen molar-refractivity contribution in [3.05, 3.63) is 119 Å². The van der Waals surface area contributed by atoms with E-state index in [2.05, 4.69) is 146 Å². The molecule has 0 fully saturated rings. The molecule has 0 bridgehead atoms. The summed E-state index contributed by atoms with van der Waals surface area (Å²) in [5.74, 6) is 0. The summed E-state index contributed by atoms with van der Waals surface area (Å²) in [6.45, 7) is 9.19. The van der Waals surface area contributed by atoms with Crippen molar-refractivity contribution in [1.82, 2.24) is 0 Å². The van der Waals surface area contributed by atoms with Gasteiger partial charge >= 0.3 is 0 Å². The van der Waals surface area contributed by atoms with Crippen LogP contribution in [0, 0.1) is 0 Å². The first-order valence-electron chi connectivity index (χ1n) is 17.6. The van der Waals surface area contributed by atoms with Crippen molar-refractivity contribution in [2.75, 3.05) is 21.3 Å². The first-order valence-corrected chi connectivity index (χ1v) is 17.6. The van der Waals surface area contributed by atoms with Crippen LogP contribution in [0.5, 0.6) is 0 Å². The predicted octanol–water partition coefficient (Wildman–Crippen LogP) is 11.1. The van der Waals surface area contributed by atoms with Gasteiger partial charge in [0.15, 0.2) is 0 Å². The quantitative estimate of drug-likeness (QED) is 0.146. The second-order valence-corrected chi connectivity index (χ2v) is 13.3. The van der Waals surface area contributed by atoms with Crippen LogP contribution in [0.3, 0.4) is 0 Å². The zero-order valence-electron chi connectivity index (χ0n) is 27.8. The molecule has 2 aliphatic rings. The third-order valence-corrected chi connectivity index (χ3v) is 10.1. The lowest BCUT2D eigenvalue weighted by molar-refractivity contribution is 0.423. The number of hydrogen-bond donors (Lipinski definition) is 4. The lowest BCUT2D eigenvalue weighted by Gasteiger charge is -2.50. The number of benzene rings is 4. The summed E-state index contributed by atoms with van der Waals surface area (Å²) >= 11 is 0. The highest BCUT2D eigenvalue weighted by atomic mass is 15.2. The number of nitrogens with one attached hydrogen (secondary N) is 4. The number of unbranched alkanes of at least 4 members (excludes halogenated alkanes) is 2. The fraction of sp³-hybridized carbons (Fsp3) is 0.415. The van der Waals surface area contributed by atoms with E-state index in [1.54, 1.807) is 0 Å².